The molecule has 0 amide bonds. The number of rotatable bonds is 38. The van der Waals surface area contributed by atoms with Crippen molar-refractivity contribution in [2.75, 3.05) is 19.8 Å². The molecule has 0 aromatic carbocycles. The highest BCUT2D eigenvalue weighted by Gasteiger charge is 2.17. The Morgan fingerprint density at radius 2 is 0.812 bits per heavy atom. The van der Waals surface area contributed by atoms with Gasteiger partial charge in [0.25, 0.3) is 0 Å². The van der Waals surface area contributed by atoms with Crippen molar-refractivity contribution < 1.29 is 23.8 Å². The van der Waals surface area contributed by atoms with Gasteiger partial charge in [-0.3, -0.25) is 9.59 Å². The Morgan fingerprint density at radius 1 is 0.438 bits per heavy atom. The Labute approximate surface area is 298 Å². The first-order valence-corrected chi connectivity index (χ1v) is 20.9. The van der Waals surface area contributed by atoms with Crippen molar-refractivity contribution in [2.24, 2.45) is 0 Å². The number of carbonyl (C=O) groups is 2. The van der Waals surface area contributed by atoms with E-state index in [1.54, 1.807) is 0 Å². The van der Waals surface area contributed by atoms with Gasteiger partial charge in [0, 0.05) is 19.4 Å². The van der Waals surface area contributed by atoms with Crippen LogP contribution in [0, 0.1) is 0 Å². The molecule has 48 heavy (non-hydrogen) atoms. The zero-order valence-electron chi connectivity index (χ0n) is 32.3. The smallest absolute Gasteiger partial charge is 0.306 e. The van der Waals surface area contributed by atoms with Crippen molar-refractivity contribution in [3.63, 3.8) is 0 Å². The Kier molecular flexibility index (Phi) is 38.5. The molecule has 0 aliphatic heterocycles. The third-order valence-corrected chi connectivity index (χ3v) is 8.96. The third-order valence-electron chi connectivity index (χ3n) is 8.96. The molecule has 0 N–H and O–H groups in total. The van der Waals surface area contributed by atoms with E-state index in [-0.39, 0.29) is 25.2 Å². The summed E-state index contributed by atoms with van der Waals surface area (Å²) in [6.07, 6.45) is 43.3. The van der Waals surface area contributed by atoms with E-state index in [1.165, 1.54) is 122 Å². The average molecular weight is 677 g/mol. The molecule has 0 spiro atoms. The summed E-state index contributed by atoms with van der Waals surface area (Å²) in [6.45, 7) is 7.71. The molecule has 1 unspecified atom stereocenters. The van der Waals surface area contributed by atoms with Gasteiger partial charge in [-0.05, 0) is 70.6 Å². The molecule has 0 aromatic rings. The predicted octanol–water partition coefficient (Wildman–Crippen LogP) is 13.3. The Hall–Kier alpha value is -1.62. The van der Waals surface area contributed by atoms with Crippen LogP contribution in [-0.2, 0) is 23.8 Å². The van der Waals surface area contributed by atoms with Gasteiger partial charge in [0.05, 0.1) is 6.61 Å². The molecule has 0 radical (unpaired) electrons. The van der Waals surface area contributed by atoms with Gasteiger partial charge in [0.2, 0.25) is 0 Å². The second-order valence-corrected chi connectivity index (χ2v) is 13.9. The predicted molar refractivity (Wildman–Crippen MR) is 205 cm³/mol. The first kappa shape index (κ1) is 46.4. The van der Waals surface area contributed by atoms with E-state index in [1.807, 2.05) is 0 Å². The molecule has 1 atom stereocenters. The Morgan fingerprint density at radius 3 is 1.29 bits per heavy atom. The van der Waals surface area contributed by atoms with Gasteiger partial charge in [-0.1, -0.05) is 154 Å². The minimum atomic E-state index is -0.531. The summed E-state index contributed by atoms with van der Waals surface area (Å²) in [5.74, 6) is -0.419. The van der Waals surface area contributed by atoms with E-state index in [0.29, 0.717) is 19.4 Å². The zero-order chi connectivity index (χ0) is 35.0. The fraction of sp³-hybridized carbons (Fsp3) is 0.860. The van der Waals surface area contributed by atoms with Gasteiger partial charge in [0.1, 0.15) is 6.61 Å². The van der Waals surface area contributed by atoms with Gasteiger partial charge in [-0.25, -0.2) is 0 Å². The van der Waals surface area contributed by atoms with Crippen LogP contribution >= 0.6 is 0 Å². The second-order valence-electron chi connectivity index (χ2n) is 13.9. The van der Waals surface area contributed by atoms with Gasteiger partial charge < -0.3 is 14.2 Å². The molecule has 0 bridgehead atoms. The molecule has 0 saturated carbocycles. The fourth-order valence-corrected chi connectivity index (χ4v) is 5.79. The van der Waals surface area contributed by atoms with Crippen LogP contribution in [0.5, 0.6) is 0 Å². The highest BCUT2D eigenvalue weighted by atomic mass is 16.6. The number of allylic oxidation sites excluding steroid dienone is 4. The van der Waals surface area contributed by atoms with Crippen molar-refractivity contribution in [1.82, 2.24) is 0 Å². The number of esters is 2. The van der Waals surface area contributed by atoms with Crippen LogP contribution in [0.2, 0.25) is 0 Å². The van der Waals surface area contributed by atoms with Crippen molar-refractivity contribution in [1.29, 1.82) is 0 Å². The molecule has 5 nitrogen and oxygen atoms in total. The molecule has 0 aliphatic rings. The molecule has 0 rings (SSSR count). The zero-order valence-corrected chi connectivity index (χ0v) is 32.3. The maximum absolute atomic E-state index is 12.5. The van der Waals surface area contributed by atoms with Gasteiger partial charge >= 0.3 is 11.9 Å². The molecule has 0 saturated heterocycles. The molecular weight excluding hydrogens is 596 g/mol. The maximum Gasteiger partial charge on any atom is 0.306 e. The van der Waals surface area contributed by atoms with Crippen LogP contribution in [0.3, 0.4) is 0 Å². The largest absolute Gasteiger partial charge is 0.462 e. The molecule has 0 aromatic heterocycles. The normalized spacial score (nSPS) is 12.3. The van der Waals surface area contributed by atoms with E-state index in [4.69, 9.17) is 14.2 Å². The summed E-state index contributed by atoms with van der Waals surface area (Å²) in [6, 6.07) is 0. The lowest BCUT2D eigenvalue weighted by atomic mass is 10.1. The van der Waals surface area contributed by atoms with Crippen molar-refractivity contribution in [3.05, 3.63) is 24.3 Å². The van der Waals surface area contributed by atoms with Crippen LogP contribution in [0.4, 0.5) is 0 Å². The number of hydrogen-bond donors (Lipinski definition) is 0. The summed E-state index contributed by atoms with van der Waals surface area (Å²) in [4.78, 5) is 24.9. The molecule has 0 aliphatic carbocycles. The van der Waals surface area contributed by atoms with Gasteiger partial charge in [0.15, 0.2) is 6.10 Å². The standard InChI is InChI=1S/C43H80O5/c1-4-7-10-13-15-17-19-21-23-25-27-29-32-35-38-46-39-41(48-43(45)37-34-30-12-9-6-3)40-47-42(44)36-33-31-28-26-24-22-20-18-16-14-11-8-5-2/h17-20,41H,4-16,21-40H2,1-3H3/b19-17-,20-18-. The molecule has 282 valence electrons. The minimum absolute atomic E-state index is 0.0817. The summed E-state index contributed by atoms with van der Waals surface area (Å²) >= 11 is 0. The lowest BCUT2D eigenvalue weighted by Gasteiger charge is -2.18. The van der Waals surface area contributed by atoms with E-state index >= 15 is 0 Å². The van der Waals surface area contributed by atoms with Crippen LogP contribution in [0.1, 0.15) is 213 Å². The molecular formula is C43H80O5. The SMILES string of the molecule is CCCCCC/C=C\CCCCCCCCOCC(COC(=O)CCCCCCC/C=C\CCCCCC)OC(=O)CCCCCCC. The summed E-state index contributed by atoms with van der Waals surface area (Å²) in [5, 5.41) is 0. The molecule has 0 heterocycles. The number of ether oxygens (including phenoxy) is 3. The number of carbonyl (C=O) groups excluding carboxylic acids is 2. The summed E-state index contributed by atoms with van der Waals surface area (Å²) in [5.41, 5.74) is 0. The van der Waals surface area contributed by atoms with E-state index < -0.39 is 6.10 Å². The quantitative estimate of drug-likeness (QED) is 0.0370. The molecule has 0 fully saturated rings. The van der Waals surface area contributed by atoms with Crippen molar-refractivity contribution in [3.8, 4) is 0 Å². The first-order chi connectivity index (χ1) is 23.6. The minimum Gasteiger partial charge on any atom is -0.462 e. The van der Waals surface area contributed by atoms with Crippen molar-refractivity contribution in [2.45, 2.75) is 219 Å². The highest BCUT2D eigenvalue weighted by molar-refractivity contribution is 5.70. The van der Waals surface area contributed by atoms with E-state index in [2.05, 4.69) is 45.1 Å². The van der Waals surface area contributed by atoms with Gasteiger partial charge in [-0.15, -0.1) is 0 Å². The monoisotopic (exact) mass is 677 g/mol. The summed E-state index contributed by atoms with van der Waals surface area (Å²) in [7, 11) is 0. The Bertz CT molecular complexity index is 731. The average Bonchev–Trinajstić information content (AvgIpc) is 3.08. The van der Waals surface area contributed by atoms with Crippen LogP contribution < -0.4 is 0 Å². The number of hydrogen-bond acceptors (Lipinski definition) is 5. The fourth-order valence-electron chi connectivity index (χ4n) is 5.79. The summed E-state index contributed by atoms with van der Waals surface area (Å²) < 4.78 is 17.1. The molecule has 5 heteroatoms. The second kappa shape index (κ2) is 39.8. The lowest BCUT2D eigenvalue weighted by Crippen LogP contribution is -2.30. The van der Waals surface area contributed by atoms with E-state index in [0.717, 1.165) is 57.8 Å². The maximum atomic E-state index is 12.5. The van der Waals surface area contributed by atoms with Crippen LogP contribution in [0.25, 0.3) is 0 Å². The van der Waals surface area contributed by atoms with Crippen LogP contribution in [0.15, 0.2) is 24.3 Å². The van der Waals surface area contributed by atoms with E-state index in [9.17, 15) is 9.59 Å². The first-order valence-electron chi connectivity index (χ1n) is 20.9. The topological polar surface area (TPSA) is 61.8 Å². The third kappa shape index (κ3) is 37.2. The number of unbranched alkanes of at least 4 members (excludes halogenated alkanes) is 23. The lowest BCUT2D eigenvalue weighted by molar-refractivity contribution is -0.163. The van der Waals surface area contributed by atoms with Crippen LogP contribution in [-0.4, -0.2) is 37.9 Å². The highest BCUT2D eigenvalue weighted by Crippen LogP contribution is 2.12. The van der Waals surface area contributed by atoms with Crippen molar-refractivity contribution >= 4 is 11.9 Å². The van der Waals surface area contributed by atoms with Gasteiger partial charge in [-0.2, -0.15) is 0 Å². The Balaban J connectivity index is 4.10.